The number of hydrogen-bond acceptors (Lipinski definition) is 17. The number of benzene rings is 2. The van der Waals surface area contributed by atoms with E-state index in [1.54, 1.807) is 71.9 Å². The van der Waals surface area contributed by atoms with Gasteiger partial charge in [0.2, 0.25) is 53.2 Å². The first-order valence-electron chi connectivity index (χ1n) is 31.8. The molecule has 34 nitrogen and oxygen atoms in total. The number of nitrogens with two attached hydrogens (primary N) is 3. The number of carbonyl (C=O) groups is 12. The summed E-state index contributed by atoms with van der Waals surface area (Å²) in [5, 5.41) is 58.2. The number of aliphatic carboxylic acids is 3. The molecular formula is C64H95N17O17. The number of aromatic nitrogens is 4. The molecule has 11 atom stereocenters. The second-order valence-electron chi connectivity index (χ2n) is 24.4. The Kier molecular flexibility index (Phi) is 34.0. The number of nitrogens with zero attached hydrogens (tertiary/aromatic N) is 4. The smallest absolute Gasteiger partial charge is 0.326 e. The Morgan fingerprint density at radius 2 is 1.10 bits per heavy atom. The third kappa shape index (κ3) is 27.7. The molecule has 9 amide bonds. The lowest BCUT2D eigenvalue weighted by Crippen LogP contribution is -2.62. The monoisotopic (exact) mass is 1370 g/mol. The van der Waals surface area contributed by atoms with Crippen LogP contribution in [0.5, 0.6) is 5.75 Å². The molecule has 0 unspecified atom stereocenters. The molecule has 1 aliphatic rings. The van der Waals surface area contributed by atoms with Crippen molar-refractivity contribution < 1.29 is 83.4 Å². The van der Waals surface area contributed by atoms with E-state index in [0.717, 1.165) is 6.92 Å². The van der Waals surface area contributed by atoms with Gasteiger partial charge in [-0.1, -0.05) is 90.4 Å². The van der Waals surface area contributed by atoms with Crippen molar-refractivity contribution in [3.63, 3.8) is 0 Å². The zero-order valence-electron chi connectivity index (χ0n) is 55.9. The number of carbonyl (C=O) groups excluding carboxylic acids is 9. The van der Waals surface area contributed by atoms with Crippen molar-refractivity contribution in [3.8, 4) is 5.75 Å². The van der Waals surface area contributed by atoms with Gasteiger partial charge in [0.05, 0.1) is 25.1 Å². The van der Waals surface area contributed by atoms with Gasteiger partial charge in [-0.15, -0.1) is 0 Å². The van der Waals surface area contributed by atoms with Crippen LogP contribution in [0.3, 0.4) is 0 Å². The number of carboxylic acid groups (broad SMARTS) is 3. The van der Waals surface area contributed by atoms with Crippen LogP contribution in [0.1, 0.15) is 116 Å². The first kappa shape index (κ1) is 81.7. The van der Waals surface area contributed by atoms with Gasteiger partial charge in [-0.25, -0.2) is 14.8 Å². The van der Waals surface area contributed by atoms with Crippen molar-refractivity contribution in [2.24, 2.45) is 39.9 Å². The molecule has 2 aromatic heterocycles. The minimum Gasteiger partial charge on any atom is -0.508 e. The van der Waals surface area contributed by atoms with Crippen LogP contribution in [0.25, 0.3) is 0 Å². The summed E-state index contributed by atoms with van der Waals surface area (Å²) in [5.74, 6) is -12.6. The second kappa shape index (κ2) is 40.8. The minimum absolute atomic E-state index is 0. The fourth-order valence-corrected chi connectivity index (χ4v) is 10.4. The van der Waals surface area contributed by atoms with Gasteiger partial charge in [0.15, 0.2) is 5.96 Å². The number of aromatic amines is 2. The Labute approximate surface area is 566 Å². The van der Waals surface area contributed by atoms with E-state index in [4.69, 9.17) is 27.1 Å². The molecule has 0 spiro atoms. The van der Waals surface area contributed by atoms with E-state index in [-0.39, 0.29) is 87.6 Å². The quantitative estimate of drug-likeness (QED) is 0.0131. The lowest BCUT2D eigenvalue weighted by Gasteiger charge is -2.32. The van der Waals surface area contributed by atoms with Gasteiger partial charge in [0.25, 0.3) is 5.97 Å². The zero-order valence-corrected chi connectivity index (χ0v) is 55.9. The lowest BCUT2D eigenvalue weighted by atomic mass is 9.96. The largest absolute Gasteiger partial charge is 0.508 e. The van der Waals surface area contributed by atoms with Crippen LogP contribution >= 0.6 is 0 Å². The predicted molar refractivity (Wildman–Crippen MR) is 355 cm³/mol. The van der Waals surface area contributed by atoms with Crippen LogP contribution in [0, 0.1) is 17.8 Å². The second-order valence-corrected chi connectivity index (χ2v) is 24.4. The standard InChI is InChI=1S/C62H89N17O14.C2H4O2.H2O/c1-7-35(6)51(78-56(87)44(25-37-17-19-40(80)20-18-37)74-58(89)50(34(4)5)77-53(84)42(15-11-21-68-62(64)65)71-52(83)41(63)28-49(81)82)59(90)75-46(27-39-30-67-32-70-39)60(91)79-22-12-16-48(79)57(88)73-43(24-36-13-9-8-10-14-36)54(85)72-45(26-38-29-66-31-69-38)55(86)76-47(61(92)93)23-33(2)3;1-2(3)4;/h8-10,13-14,17-20,29-35,41-48,50-51,80H,7,11-12,15-16,21-28,63H2,1-6H3,(H,66,69)(H,67,70)(H,71,83)(H,72,85)(H,73,88)(H,74,89)(H,75,90)(H,76,86)(H,77,84)(H,78,87)(H,81,82)(H,92,93)(H4,64,65,68);1H3,(H,3,4);1H2/t35-,41-,42-,43-,44-,45+,46-,47-,48-,50-,51-;;/m0../s1. The van der Waals surface area contributed by atoms with Gasteiger partial charge in [-0.3, -0.25) is 57.7 Å². The number of phenolic OH excluding ortho intramolecular Hbond substituents is 1. The summed E-state index contributed by atoms with van der Waals surface area (Å²) >= 11 is 0. The zero-order chi connectivity index (χ0) is 72.1. The molecular weight excluding hydrogens is 1280 g/mol. The van der Waals surface area contributed by atoms with Crippen molar-refractivity contribution in [3.05, 3.63) is 102 Å². The molecule has 0 saturated carbocycles. The van der Waals surface area contributed by atoms with E-state index in [1.165, 1.54) is 54.2 Å². The summed E-state index contributed by atoms with van der Waals surface area (Å²) in [6.07, 6.45) is 5.26. The number of imidazole rings is 2. The van der Waals surface area contributed by atoms with E-state index < -0.39 is 150 Å². The maximum atomic E-state index is 15.1. The average molecular weight is 1370 g/mol. The van der Waals surface area contributed by atoms with Crippen LogP contribution in [-0.2, 0) is 83.2 Å². The fourth-order valence-electron chi connectivity index (χ4n) is 10.4. The maximum Gasteiger partial charge on any atom is 0.326 e. The number of likely N-dealkylation sites (tertiary alicyclic amines) is 1. The third-order valence-corrected chi connectivity index (χ3v) is 15.6. The molecule has 1 saturated heterocycles. The number of guanidine groups is 1. The van der Waals surface area contributed by atoms with Crippen LogP contribution in [0.4, 0.5) is 0 Å². The molecule has 0 radical (unpaired) electrons. The van der Waals surface area contributed by atoms with Crippen molar-refractivity contribution in [1.82, 2.24) is 67.4 Å². The Balaban J connectivity index is 0.00000486. The summed E-state index contributed by atoms with van der Waals surface area (Å²) in [5.41, 5.74) is 18.7. The molecule has 1 aliphatic heterocycles. The number of aromatic hydroxyl groups is 1. The molecule has 0 aliphatic carbocycles. The molecule has 34 heteroatoms. The number of phenols is 1. The summed E-state index contributed by atoms with van der Waals surface area (Å²) < 4.78 is 0. The number of carboxylic acids is 3. The van der Waals surface area contributed by atoms with E-state index in [0.29, 0.717) is 35.4 Å². The van der Waals surface area contributed by atoms with Crippen molar-refractivity contribution >= 4 is 77.0 Å². The topological polar surface area (TPSA) is 565 Å². The van der Waals surface area contributed by atoms with Crippen molar-refractivity contribution in [2.45, 2.75) is 180 Å². The maximum absolute atomic E-state index is 15.1. The van der Waals surface area contributed by atoms with Crippen LogP contribution in [0.15, 0.2) is 84.6 Å². The molecule has 98 heavy (non-hydrogen) atoms. The average Bonchev–Trinajstić information content (AvgIpc) is 1.43. The van der Waals surface area contributed by atoms with Gasteiger partial charge in [-0.05, 0) is 73.1 Å². The normalized spacial score (nSPS) is 15.5. The van der Waals surface area contributed by atoms with Gasteiger partial charge in [-0.2, -0.15) is 0 Å². The summed E-state index contributed by atoms with van der Waals surface area (Å²) in [4.78, 5) is 181. The van der Waals surface area contributed by atoms with Crippen molar-refractivity contribution in [1.29, 1.82) is 0 Å². The highest BCUT2D eigenvalue weighted by molar-refractivity contribution is 5.99. The lowest BCUT2D eigenvalue weighted by molar-refractivity contribution is -0.143. The third-order valence-electron chi connectivity index (χ3n) is 15.6. The Morgan fingerprint density at radius 1 is 0.622 bits per heavy atom. The van der Waals surface area contributed by atoms with Gasteiger partial charge >= 0.3 is 11.9 Å². The van der Waals surface area contributed by atoms with E-state index in [9.17, 15) is 63.3 Å². The molecule has 0 bridgehead atoms. The number of H-pyrrole nitrogens is 2. The van der Waals surface area contributed by atoms with Crippen LogP contribution in [-0.4, -0.2) is 201 Å². The molecule has 5 rings (SSSR count). The van der Waals surface area contributed by atoms with E-state index in [2.05, 4.69) is 67.5 Å². The number of hydrogen-bond donors (Lipinski definition) is 17. The van der Waals surface area contributed by atoms with Crippen LogP contribution in [0.2, 0.25) is 0 Å². The number of nitrogens with one attached hydrogen (secondary N) is 10. The number of rotatable bonds is 37. The van der Waals surface area contributed by atoms with Gasteiger partial charge < -0.3 is 101 Å². The first-order chi connectivity index (χ1) is 45.9. The highest BCUT2D eigenvalue weighted by Gasteiger charge is 2.42. The molecule has 1 fully saturated rings. The molecule has 4 aromatic rings. The molecule has 2 aromatic carbocycles. The van der Waals surface area contributed by atoms with Gasteiger partial charge in [0, 0.05) is 69.5 Å². The highest BCUT2D eigenvalue weighted by atomic mass is 16.4. The Morgan fingerprint density at radius 3 is 1.62 bits per heavy atom. The molecule has 22 N–H and O–H groups in total. The highest BCUT2D eigenvalue weighted by Crippen LogP contribution is 2.22. The van der Waals surface area contributed by atoms with E-state index in [1.807, 2.05) is 0 Å². The summed E-state index contributed by atoms with van der Waals surface area (Å²) in [7, 11) is 0. The predicted octanol–water partition coefficient (Wildman–Crippen LogP) is -2.07. The van der Waals surface area contributed by atoms with E-state index >= 15 is 4.79 Å². The fraction of sp³-hybridized carbons (Fsp3) is 0.516. The Hall–Kier alpha value is -10.5. The van der Waals surface area contributed by atoms with Crippen molar-refractivity contribution in [2.75, 3.05) is 13.1 Å². The number of amides is 9. The van der Waals surface area contributed by atoms with Gasteiger partial charge in [0.1, 0.15) is 60.1 Å². The molecule has 538 valence electrons. The Bertz CT molecular complexity index is 3290. The summed E-state index contributed by atoms with van der Waals surface area (Å²) in [6.45, 7) is 11.4. The SMILES string of the molecule is CC(=O)O.CC[C@H](C)[C@H](NC(=O)[C@H](Cc1ccc(O)cc1)NC(=O)[C@@H](NC(=O)[C@H](CCCN=C(N)N)NC(=O)[C@@H](N)CC(=O)O)C(C)C)C(=O)N[C@@H](Cc1cnc[nH]1)C(=O)N1CCC[C@H]1C(=O)N[C@@H](Cc1ccccc1)C(=O)N[C@H](Cc1cnc[nH]1)C(=O)N[C@@H](CC(C)C)C(=O)O.O. The summed E-state index contributed by atoms with van der Waals surface area (Å²) in [6, 6.07) is 0.810. The molecule has 3 heterocycles. The first-order valence-corrected chi connectivity index (χ1v) is 31.8. The minimum atomic E-state index is -1.53. The number of aliphatic imine (C=N–C) groups is 1. The van der Waals surface area contributed by atoms with Crippen LogP contribution < -0.4 is 59.7 Å².